The predicted molar refractivity (Wildman–Crippen MR) is 103 cm³/mol. The van der Waals surface area contributed by atoms with Crippen LogP contribution in [0, 0.1) is 0 Å². The second-order valence-electron chi connectivity index (χ2n) is 9.24. The van der Waals surface area contributed by atoms with E-state index in [0.29, 0.717) is 0 Å². The van der Waals surface area contributed by atoms with Crippen molar-refractivity contribution in [3.8, 4) is 0 Å². The molecule has 0 spiro atoms. The largest absolute Gasteiger partial charge is 0.509 e. The second-order valence-corrected chi connectivity index (χ2v) is 30.1. The van der Waals surface area contributed by atoms with Crippen LogP contribution in [0.1, 0.15) is 0 Å². The highest BCUT2D eigenvalue weighted by Crippen LogP contribution is 2.56. The molecule has 0 aliphatic heterocycles. The summed E-state index contributed by atoms with van der Waals surface area (Å²) >= 11 is 0. The van der Waals surface area contributed by atoms with Crippen LogP contribution in [0.4, 0.5) is 13.2 Å². The average molecular weight is 418 g/mol. The van der Waals surface area contributed by atoms with E-state index in [0.717, 1.165) is 0 Å². The highest BCUT2D eigenvalue weighted by molar-refractivity contribution is 7.25. The number of carbonyl (C=O) groups is 1. The van der Waals surface area contributed by atoms with E-state index in [1.54, 1.807) is 0 Å². The van der Waals surface area contributed by atoms with Gasteiger partial charge in [-0.1, -0.05) is 58.9 Å². The molecule has 0 rings (SSSR count). The summed E-state index contributed by atoms with van der Waals surface area (Å²) in [4.78, 5) is 11.6. The molecule has 143 valence electrons. The van der Waals surface area contributed by atoms with Crippen LogP contribution in [0.25, 0.3) is 0 Å². The molecule has 3 nitrogen and oxygen atoms in total. The fraction of sp³-hybridized carbons (Fsp3) is 0.929. The van der Waals surface area contributed by atoms with Crippen LogP contribution in [-0.4, -0.2) is 58.7 Å². The molecule has 0 unspecified atom stereocenters. The quantitative estimate of drug-likeness (QED) is 0.566. The van der Waals surface area contributed by atoms with Gasteiger partial charge in [-0.3, -0.25) is 0 Å². The van der Waals surface area contributed by atoms with E-state index in [2.05, 4.69) is 58.9 Å². The third kappa shape index (κ3) is 4.62. The lowest BCUT2D eigenvalue weighted by Crippen LogP contribution is -2.74. The molecule has 10 heteroatoms. The van der Waals surface area contributed by atoms with Gasteiger partial charge < -0.3 is 9.16 Å². The van der Waals surface area contributed by atoms with Crippen molar-refractivity contribution in [2.75, 3.05) is 13.3 Å². The van der Waals surface area contributed by atoms with Crippen LogP contribution in [0.3, 0.4) is 0 Å². The number of carbonyl (C=O) groups excluding carboxylic acids is 1. The third-order valence-corrected chi connectivity index (χ3v) is 35.8. The summed E-state index contributed by atoms with van der Waals surface area (Å²) in [7, 11) is -6.66. The number of alkyl halides is 3. The third-order valence-electron chi connectivity index (χ3n) is 4.52. The van der Waals surface area contributed by atoms with Crippen molar-refractivity contribution in [2.24, 2.45) is 0 Å². The van der Waals surface area contributed by atoms with Gasteiger partial charge in [-0.15, -0.1) is 0 Å². The van der Waals surface area contributed by atoms with Gasteiger partial charge in [0.2, 0.25) is 0 Å². The lowest BCUT2D eigenvalue weighted by molar-refractivity contribution is -0.190. The molecule has 0 saturated heterocycles. The molecule has 0 amide bonds. The number of hydrogen-bond acceptors (Lipinski definition) is 3. The van der Waals surface area contributed by atoms with Crippen LogP contribution in [0.15, 0.2) is 0 Å². The minimum Gasteiger partial charge on any atom is -0.509 e. The van der Waals surface area contributed by atoms with Crippen molar-refractivity contribution in [1.82, 2.24) is 0 Å². The van der Waals surface area contributed by atoms with E-state index in [1.165, 1.54) is 7.11 Å². The Hall–Kier alpha value is 0.0875. The van der Waals surface area contributed by atoms with Gasteiger partial charge in [-0.05, 0) is 3.91 Å². The summed E-state index contributed by atoms with van der Waals surface area (Å²) in [5.41, 5.74) is 0. The molecule has 0 aliphatic rings. The molecule has 0 fully saturated rings. The fourth-order valence-electron chi connectivity index (χ4n) is 5.14. The predicted octanol–water partition coefficient (Wildman–Crippen LogP) is 4.64. The average Bonchev–Trinajstić information content (AvgIpc) is 2.21. The van der Waals surface area contributed by atoms with E-state index >= 15 is 0 Å². The molecule has 0 bridgehead atoms. The van der Waals surface area contributed by atoms with Crippen molar-refractivity contribution in [3.63, 3.8) is 0 Å². The Morgan fingerprint density at radius 2 is 1.21 bits per heavy atom. The van der Waals surface area contributed by atoms with Crippen molar-refractivity contribution in [3.05, 3.63) is 0 Å². The Morgan fingerprint density at radius 1 is 0.875 bits per heavy atom. The lowest BCUT2D eigenvalue weighted by atomic mass is 10.7. The molecular formula is C14H32F3O3Si4. The zero-order valence-corrected chi connectivity index (χ0v) is 20.6. The molecule has 0 atom stereocenters. The van der Waals surface area contributed by atoms with Gasteiger partial charge in [0.05, 0.1) is 6.23 Å². The molecule has 0 aromatic rings. The summed E-state index contributed by atoms with van der Waals surface area (Å²) < 4.78 is 48.8. The minimum atomic E-state index is -4.96. The molecule has 0 heterocycles. The molecule has 0 saturated carbocycles. The molecular weight excluding hydrogens is 385 g/mol. The summed E-state index contributed by atoms with van der Waals surface area (Å²) in [6, 6.07) is 0. The van der Waals surface area contributed by atoms with Crippen LogP contribution in [0.2, 0.25) is 62.8 Å². The molecule has 0 N–H and O–H groups in total. The maximum absolute atomic E-state index is 12.9. The fourth-order valence-corrected chi connectivity index (χ4v) is 44.3. The van der Waals surface area contributed by atoms with Gasteiger partial charge in [-0.25, -0.2) is 4.79 Å². The topological polar surface area (TPSA) is 35.5 Å². The summed E-state index contributed by atoms with van der Waals surface area (Å²) in [5.74, 6) is -2.06. The van der Waals surface area contributed by atoms with Crippen LogP contribution in [-0.2, 0) is 14.0 Å². The highest BCUT2D eigenvalue weighted by Gasteiger charge is 2.67. The maximum Gasteiger partial charge on any atom is 0.489 e. The number of methoxy groups -OCH3 is 1. The van der Waals surface area contributed by atoms with Gasteiger partial charge in [0.25, 0.3) is 0 Å². The smallest absolute Gasteiger partial charge is 0.489 e. The maximum atomic E-state index is 12.9. The Kier molecular flexibility index (Phi) is 7.40. The first-order chi connectivity index (χ1) is 10.3. The number of hydrogen-bond donors (Lipinski definition) is 0. The Labute approximate surface area is 149 Å². The molecule has 0 aliphatic carbocycles. The summed E-state index contributed by atoms with van der Waals surface area (Å²) in [5, 5.41) is 0. The number of ether oxygens (including phenoxy) is 1. The standard InChI is InChI=1S/C14H32F3O3Si4/c1-19-11-21(20-12(18)13(15,16)17)14(22(2,3)4,23(5,6)7)24(8,9)10/h11H2,1-10H3. The zero-order valence-electron chi connectivity index (χ0n) is 16.6. The molecule has 24 heavy (non-hydrogen) atoms. The van der Waals surface area contributed by atoms with Gasteiger partial charge in [0, 0.05) is 31.3 Å². The summed E-state index contributed by atoms with van der Waals surface area (Å²) in [6.07, 6.45) is -4.86. The van der Waals surface area contributed by atoms with Crippen molar-refractivity contribution in [1.29, 1.82) is 0 Å². The number of rotatable bonds is 7. The monoisotopic (exact) mass is 417 g/mol. The van der Waals surface area contributed by atoms with E-state index in [9.17, 15) is 18.0 Å². The summed E-state index contributed by atoms with van der Waals surface area (Å²) in [6.45, 7) is 19.8. The van der Waals surface area contributed by atoms with Gasteiger partial charge in [0.1, 0.15) is 0 Å². The highest BCUT2D eigenvalue weighted by atomic mass is 28.5. The normalized spacial score (nSPS) is 14.9. The molecule has 0 aromatic heterocycles. The first-order valence-corrected chi connectivity index (χ1v) is 20.1. The van der Waals surface area contributed by atoms with Gasteiger partial charge in [-0.2, -0.15) is 13.2 Å². The molecule has 1 radical (unpaired) electrons. The van der Waals surface area contributed by atoms with Crippen molar-refractivity contribution < 1.29 is 27.1 Å². The van der Waals surface area contributed by atoms with Crippen molar-refractivity contribution in [2.45, 2.75) is 69.0 Å². The Morgan fingerprint density at radius 3 is 1.42 bits per heavy atom. The molecule has 0 aromatic carbocycles. The first-order valence-electron chi connectivity index (χ1n) is 7.98. The Balaban J connectivity index is 6.48. The van der Waals surface area contributed by atoms with Crippen molar-refractivity contribution >= 4 is 39.2 Å². The van der Waals surface area contributed by atoms with E-state index in [-0.39, 0.29) is 10.1 Å². The lowest BCUT2D eigenvalue weighted by Gasteiger charge is -2.60. The van der Waals surface area contributed by atoms with E-state index < -0.39 is 45.4 Å². The number of halogens is 3. The minimum absolute atomic E-state index is 0.102. The second kappa shape index (κ2) is 7.37. The van der Waals surface area contributed by atoms with E-state index in [4.69, 9.17) is 9.16 Å². The van der Waals surface area contributed by atoms with Crippen LogP contribution >= 0.6 is 0 Å². The zero-order chi connectivity index (χ0) is 19.8. The van der Waals surface area contributed by atoms with Gasteiger partial charge >= 0.3 is 21.2 Å². The SMILES string of the molecule is COC[Si](OC(=O)C(F)(F)F)C([Si](C)(C)C)([Si](C)(C)C)[Si](C)(C)C. The van der Waals surface area contributed by atoms with E-state index in [1.807, 2.05) is 0 Å². The van der Waals surface area contributed by atoms with Gasteiger partial charge in [0.15, 0.2) is 0 Å². The first kappa shape index (κ1) is 24.1. The van der Waals surface area contributed by atoms with Crippen LogP contribution in [0.5, 0.6) is 0 Å². The Bertz CT molecular complexity index is 412. The van der Waals surface area contributed by atoms with Crippen LogP contribution < -0.4 is 0 Å².